The highest BCUT2D eigenvalue weighted by Crippen LogP contribution is 2.26. The molecule has 2 N–H and O–H groups in total. The van der Waals surface area contributed by atoms with Crippen molar-refractivity contribution in [3.63, 3.8) is 0 Å². The average molecular weight is 348 g/mol. The SMILES string of the molecule is CCOc1cc(C=NNS(=O)(=O)c2cc(C)ccc2C)ccc1O. The van der Waals surface area contributed by atoms with Gasteiger partial charge in [-0.05, 0) is 61.7 Å². The Balaban J connectivity index is 2.19. The van der Waals surface area contributed by atoms with E-state index in [0.717, 1.165) is 5.56 Å². The van der Waals surface area contributed by atoms with Crippen LogP contribution in [-0.2, 0) is 10.0 Å². The minimum absolute atomic E-state index is 0.0185. The summed E-state index contributed by atoms with van der Waals surface area (Å²) < 4.78 is 29.9. The van der Waals surface area contributed by atoms with Crippen molar-refractivity contribution in [2.75, 3.05) is 6.61 Å². The highest BCUT2D eigenvalue weighted by molar-refractivity contribution is 7.89. The van der Waals surface area contributed by atoms with Gasteiger partial charge in [-0.2, -0.15) is 13.5 Å². The number of phenolic OH excluding ortho intramolecular Hbond substituents is 1. The van der Waals surface area contributed by atoms with E-state index < -0.39 is 10.0 Å². The molecule has 2 aromatic carbocycles. The molecule has 0 amide bonds. The molecule has 2 aromatic rings. The molecule has 0 aromatic heterocycles. The molecule has 0 saturated carbocycles. The molecule has 6 nitrogen and oxygen atoms in total. The summed E-state index contributed by atoms with van der Waals surface area (Å²) in [5.74, 6) is 0.337. The Bertz CT molecular complexity index is 861. The van der Waals surface area contributed by atoms with Crippen LogP contribution in [0.1, 0.15) is 23.6 Å². The van der Waals surface area contributed by atoms with Gasteiger partial charge in [-0.25, -0.2) is 4.83 Å². The number of hydrazone groups is 1. The van der Waals surface area contributed by atoms with Gasteiger partial charge in [0, 0.05) is 0 Å². The first-order chi connectivity index (χ1) is 11.3. The second kappa shape index (κ2) is 7.35. The zero-order valence-electron chi connectivity index (χ0n) is 13.8. The van der Waals surface area contributed by atoms with Crippen LogP contribution in [0.15, 0.2) is 46.4 Å². The second-order valence-corrected chi connectivity index (χ2v) is 6.91. The van der Waals surface area contributed by atoms with Gasteiger partial charge in [0.2, 0.25) is 0 Å². The van der Waals surface area contributed by atoms with E-state index in [0.29, 0.717) is 23.5 Å². The maximum atomic E-state index is 12.3. The number of sulfonamides is 1. The summed E-state index contributed by atoms with van der Waals surface area (Å²) in [5, 5.41) is 13.4. The number of benzene rings is 2. The van der Waals surface area contributed by atoms with E-state index in [-0.39, 0.29) is 10.6 Å². The molecule has 2 rings (SSSR count). The van der Waals surface area contributed by atoms with E-state index in [1.807, 2.05) is 13.0 Å². The Hall–Kier alpha value is -2.54. The number of phenols is 1. The first-order valence-corrected chi connectivity index (χ1v) is 8.89. The van der Waals surface area contributed by atoms with Gasteiger partial charge in [-0.3, -0.25) is 0 Å². The van der Waals surface area contributed by atoms with Crippen LogP contribution in [-0.4, -0.2) is 26.3 Å². The molecule has 24 heavy (non-hydrogen) atoms. The van der Waals surface area contributed by atoms with E-state index in [9.17, 15) is 13.5 Å². The fraction of sp³-hybridized carbons (Fsp3) is 0.235. The Morgan fingerprint density at radius 3 is 2.67 bits per heavy atom. The molecule has 0 aliphatic rings. The van der Waals surface area contributed by atoms with Gasteiger partial charge in [-0.15, -0.1) is 0 Å². The molecular formula is C17H20N2O4S. The van der Waals surface area contributed by atoms with Crippen LogP contribution in [0.4, 0.5) is 0 Å². The van der Waals surface area contributed by atoms with Crippen LogP contribution in [0.5, 0.6) is 11.5 Å². The summed E-state index contributed by atoms with van der Waals surface area (Å²) in [6.07, 6.45) is 1.35. The van der Waals surface area contributed by atoms with Gasteiger partial charge in [0.15, 0.2) is 11.5 Å². The standard InChI is InChI=1S/C17H20N2O4S/c1-4-23-16-10-14(7-8-15(16)20)11-18-19-24(21,22)17-9-12(2)5-6-13(17)3/h5-11,19-20H,4H2,1-3H3. The van der Waals surface area contributed by atoms with Gasteiger partial charge in [0.25, 0.3) is 10.0 Å². The Labute approximate surface area is 141 Å². The van der Waals surface area contributed by atoms with E-state index in [4.69, 9.17) is 4.74 Å². The Morgan fingerprint density at radius 1 is 1.21 bits per heavy atom. The van der Waals surface area contributed by atoms with Crippen LogP contribution in [0.3, 0.4) is 0 Å². The molecule has 0 saturated heterocycles. The molecule has 0 spiro atoms. The number of hydrogen-bond donors (Lipinski definition) is 2. The fourth-order valence-corrected chi connectivity index (χ4v) is 3.22. The minimum atomic E-state index is -3.74. The highest BCUT2D eigenvalue weighted by atomic mass is 32.2. The topological polar surface area (TPSA) is 88.0 Å². The summed E-state index contributed by atoms with van der Waals surface area (Å²) in [6, 6.07) is 9.85. The van der Waals surface area contributed by atoms with Gasteiger partial charge >= 0.3 is 0 Å². The molecule has 0 aliphatic carbocycles. The third-order valence-corrected chi connectivity index (χ3v) is 4.67. The quantitative estimate of drug-likeness (QED) is 0.621. The maximum Gasteiger partial charge on any atom is 0.276 e. The molecule has 0 bridgehead atoms. The van der Waals surface area contributed by atoms with Gasteiger partial charge in [0.1, 0.15) is 0 Å². The van der Waals surface area contributed by atoms with Crippen molar-refractivity contribution >= 4 is 16.2 Å². The van der Waals surface area contributed by atoms with Crippen molar-refractivity contribution in [2.24, 2.45) is 5.10 Å². The normalized spacial score (nSPS) is 11.6. The summed E-state index contributed by atoms with van der Waals surface area (Å²) in [5.41, 5.74) is 2.09. The summed E-state index contributed by atoms with van der Waals surface area (Å²) in [6.45, 7) is 5.77. The lowest BCUT2D eigenvalue weighted by molar-refractivity contribution is 0.318. The first-order valence-electron chi connectivity index (χ1n) is 7.41. The lowest BCUT2D eigenvalue weighted by atomic mass is 10.2. The second-order valence-electron chi connectivity index (χ2n) is 5.28. The maximum absolute atomic E-state index is 12.3. The van der Waals surface area contributed by atoms with Crippen LogP contribution in [0, 0.1) is 13.8 Å². The number of aromatic hydroxyl groups is 1. The number of ether oxygens (including phenoxy) is 1. The van der Waals surface area contributed by atoms with Crippen molar-refractivity contribution in [3.05, 3.63) is 53.1 Å². The largest absolute Gasteiger partial charge is 0.504 e. The summed E-state index contributed by atoms with van der Waals surface area (Å²) in [7, 11) is -3.74. The Kier molecular flexibility index (Phi) is 5.46. The van der Waals surface area contributed by atoms with Crippen LogP contribution < -0.4 is 9.57 Å². The first kappa shape index (κ1) is 17.8. The molecule has 0 aliphatic heterocycles. The molecule has 0 heterocycles. The summed E-state index contributed by atoms with van der Waals surface area (Å²) in [4.78, 5) is 2.39. The van der Waals surface area contributed by atoms with Crippen molar-refractivity contribution in [1.29, 1.82) is 0 Å². The lowest BCUT2D eigenvalue weighted by Gasteiger charge is -2.08. The predicted octanol–water partition coefficient (Wildman–Crippen LogP) is 2.72. The zero-order valence-corrected chi connectivity index (χ0v) is 14.6. The monoisotopic (exact) mass is 348 g/mol. The molecular weight excluding hydrogens is 328 g/mol. The van der Waals surface area contributed by atoms with Crippen molar-refractivity contribution in [2.45, 2.75) is 25.7 Å². The van der Waals surface area contributed by atoms with Crippen molar-refractivity contribution in [1.82, 2.24) is 4.83 Å². The van der Waals surface area contributed by atoms with Crippen LogP contribution in [0.2, 0.25) is 0 Å². The molecule has 128 valence electrons. The van der Waals surface area contributed by atoms with E-state index in [2.05, 4.69) is 9.93 Å². The average Bonchev–Trinajstić information content (AvgIpc) is 2.53. The third kappa shape index (κ3) is 4.26. The predicted molar refractivity (Wildman–Crippen MR) is 93.1 cm³/mol. The van der Waals surface area contributed by atoms with E-state index >= 15 is 0 Å². The molecule has 0 unspecified atom stereocenters. The molecule has 0 atom stereocenters. The van der Waals surface area contributed by atoms with Crippen molar-refractivity contribution < 1.29 is 18.3 Å². The smallest absolute Gasteiger partial charge is 0.276 e. The van der Waals surface area contributed by atoms with Crippen LogP contribution in [0.25, 0.3) is 0 Å². The zero-order chi connectivity index (χ0) is 17.7. The fourth-order valence-electron chi connectivity index (χ4n) is 2.10. The Morgan fingerprint density at radius 2 is 1.96 bits per heavy atom. The van der Waals surface area contributed by atoms with Gasteiger partial charge in [-0.1, -0.05) is 12.1 Å². The van der Waals surface area contributed by atoms with Crippen molar-refractivity contribution in [3.8, 4) is 11.5 Å². The molecule has 0 fully saturated rings. The number of aryl methyl sites for hydroxylation is 2. The van der Waals surface area contributed by atoms with Gasteiger partial charge < -0.3 is 9.84 Å². The number of nitrogens with one attached hydrogen (secondary N) is 1. The van der Waals surface area contributed by atoms with Gasteiger partial charge in [0.05, 0.1) is 17.7 Å². The third-order valence-electron chi connectivity index (χ3n) is 3.30. The van der Waals surface area contributed by atoms with Crippen LogP contribution >= 0.6 is 0 Å². The summed E-state index contributed by atoms with van der Waals surface area (Å²) >= 11 is 0. The van der Waals surface area contributed by atoms with E-state index in [1.54, 1.807) is 38.1 Å². The molecule has 7 heteroatoms. The van der Waals surface area contributed by atoms with E-state index in [1.165, 1.54) is 12.3 Å². The number of nitrogens with zero attached hydrogens (tertiary/aromatic N) is 1. The number of rotatable bonds is 6. The molecule has 0 radical (unpaired) electrons. The number of hydrogen-bond acceptors (Lipinski definition) is 5. The minimum Gasteiger partial charge on any atom is -0.504 e. The lowest BCUT2D eigenvalue weighted by Crippen LogP contribution is -2.19. The highest BCUT2D eigenvalue weighted by Gasteiger charge is 2.15.